The van der Waals surface area contributed by atoms with Crippen LogP contribution in [0.1, 0.15) is 38.2 Å². The van der Waals surface area contributed by atoms with Crippen LogP contribution in [0.3, 0.4) is 0 Å². The topological polar surface area (TPSA) is 48.4 Å². The van der Waals surface area contributed by atoms with Gasteiger partial charge in [-0.05, 0) is 63.0 Å². The molecule has 2 N–H and O–H groups in total. The smallest absolute Gasteiger partial charge is 0.0549 e. The average Bonchev–Trinajstić information content (AvgIpc) is 2.50. The first-order valence-electron chi connectivity index (χ1n) is 7.80. The van der Waals surface area contributed by atoms with E-state index in [-0.39, 0.29) is 6.10 Å². The van der Waals surface area contributed by atoms with Crippen LogP contribution >= 0.6 is 0 Å². The molecule has 1 aliphatic rings. The third kappa shape index (κ3) is 5.19. The molecule has 1 aromatic heterocycles. The van der Waals surface area contributed by atoms with Crippen molar-refractivity contribution in [2.45, 2.75) is 51.3 Å². The van der Waals surface area contributed by atoms with Gasteiger partial charge in [0.25, 0.3) is 0 Å². The molecular weight excluding hydrogens is 250 g/mol. The summed E-state index contributed by atoms with van der Waals surface area (Å²) in [7, 11) is 0. The number of piperidine rings is 1. The normalized spacial score (nSPS) is 19.1. The van der Waals surface area contributed by atoms with Crippen LogP contribution in [0.25, 0.3) is 0 Å². The summed E-state index contributed by atoms with van der Waals surface area (Å²) >= 11 is 0. The highest BCUT2D eigenvalue weighted by atomic mass is 16.3. The quantitative estimate of drug-likeness (QED) is 0.798. The molecule has 0 saturated carbocycles. The lowest BCUT2D eigenvalue weighted by Gasteiger charge is -2.32. The molecule has 0 aliphatic carbocycles. The lowest BCUT2D eigenvalue weighted by Crippen LogP contribution is -2.42. The van der Waals surface area contributed by atoms with Crippen LogP contribution < -0.4 is 5.32 Å². The molecule has 0 spiro atoms. The van der Waals surface area contributed by atoms with Gasteiger partial charge in [0.1, 0.15) is 0 Å². The summed E-state index contributed by atoms with van der Waals surface area (Å²) in [6.07, 6.45) is 7.71. The molecule has 4 heteroatoms. The third-order valence-corrected chi connectivity index (χ3v) is 4.12. The van der Waals surface area contributed by atoms with E-state index in [4.69, 9.17) is 0 Å². The van der Waals surface area contributed by atoms with E-state index in [9.17, 15) is 5.11 Å². The van der Waals surface area contributed by atoms with E-state index < -0.39 is 0 Å². The number of aliphatic hydroxyl groups excluding tert-OH is 1. The third-order valence-electron chi connectivity index (χ3n) is 4.12. The molecule has 1 aromatic rings. The van der Waals surface area contributed by atoms with Crippen LogP contribution in [0.4, 0.5) is 0 Å². The van der Waals surface area contributed by atoms with E-state index in [0.717, 1.165) is 39.0 Å². The van der Waals surface area contributed by atoms with Crippen molar-refractivity contribution in [3.63, 3.8) is 0 Å². The van der Waals surface area contributed by atoms with E-state index in [2.05, 4.69) is 27.3 Å². The molecule has 0 aromatic carbocycles. The minimum atomic E-state index is -0.144. The van der Waals surface area contributed by atoms with Crippen molar-refractivity contribution in [3.8, 4) is 0 Å². The van der Waals surface area contributed by atoms with Gasteiger partial charge in [0.05, 0.1) is 6.10 Å². The van der Waals surface area contributed by atoms with Gasteiger partial charge in [0.2, 0.25) is 0 Å². The molecule has 1 atom stereocenters. The highest BCUT2D eigenvalue weighted by molar-refractivity contribution is 5.09. The van der Waals surface area contributed by atoms with Gasteiger partial charge in [-0.25, -0.2) is 0 Å². The monoisotopic (exact) mass is 277 g/mol. The Hall–Kier alpha value is -0.970. The van der Waals surface area contributed by atoms with Gasteiger partial charge in [0.15, 0.2) is 0 Å². The molecule has 1 aliphatic heterocycles. The van der Waals surface area contributed by atoms with Gasteiger partial charge in [-0.3, -0.25) is 9.88 Å². The predicted octanol–water partition coefficient (Wildman–Crippen LogP) is 1.80. The second-order valence-electron chi connectivity index (χ2n) is 5.71. The number of aromatic nitrogens is 1. The van der Waals surface area contributed by atoms with Crippen molar-refractivity contribution in [3.05, 3.63) is 30.1 Å². The SMILES string of the molecule is CCC(O)CCNC1CCN(Cc2ccncc2)CC1. The Morgan fingerprint density at radius 3 is 2.70 bits per heavy atom. The van der Waals surface area contributed by atoms with E-state index in [1.807, 2.05) is 19.3 Å². The maximum Gasteiger partial charge on any atom is 0.0549 e. The maximum atomic E-state index is 9.54. The van der Waals surface area contributed by atoms with Crippen LogP contribution in [-0.2, 0) is 6.54 Å². The number of aliphatic hydroxyl groups is 1. The van der Waals surface area contributed by atoms with Gasteiger partial charge in [-0.2, -0.15) is 0 Å². The van der Waals surface area contributed by atoms with E-state index in [1.165, 1.54) is 18.4 Å². The minimum absolute atomic E-state index is 0.144. The molecule has 4 nitrogen and oxygen atoms in total. The van der Waals surface area contributed by atoms with E-state index in [0.29, 0.717) is 6.04 Å². The summed E-state index contributed by atoms with van der Waals surface area (Å²) < 4.78 is 0. The fraction of sp³-hybridized carbons (Fsp3) is 0.688. The van der Waals surface area contributed by atoms with Crippen LogP contribution in [-0.4, -0.2) is 46.8 Å². The predicted molar refractivity (Wildman–Crippen MR) is 81.5 cm³/mol. The van der Waals surface area contributed by atoms with Crippen LogP contribution in [0.2, 0.25) is 0 Å². The largest absolute Gasteiger partial charge is 0.393 e. The summed E-state index contributed by atoms with van der Waals surface area (Å²) in [4.78, 5) is 6.56. The molecular formula is C16H27N3O. The highest BCUT2D eigenvalue weighted by Crippen LogP contribution is 2.13. The van der Waals surface area contributed by atoms with Gasteiger partial charge in [-0.1, -0.05) is 6.92 Å². The molecule has 112 valence electrons. The molecule has 0 bridgehead atoms. The van der Waals surface area contributed by atoms with Gasteiger partial charge in [0, 0.05) is 25.0 Å². The number of nitrogens with zero attached hydrogens (tertiary/aromatic N) is 2. The summed E-state index contributed by atoms with van der Waals surface area (Å²) in [5.41, 5.74) is 1.34. The number of nitrogens with one attached hydrogen (secondary N) is 1. The Kier molecular flexibility index (Phi) is 6.43. The van der Waals surface area contributed by atoms with Gasteiger partial charge >= 0.3 is 0 Å². The van der Waals surface area contributed by atoms with Crippen LogP contribution in [0.15, 0.2) is 24.5 Å². The number of likely N-dealkylation sites (tertiary alicyclic amines) is 1. The van der Waals surface area contributed by atoms with Crippen LogP contribution in [0, 0.1) is 0 Å². The zero-order valence-electron chi connectivity index (χ0n) is 12.5. The number of hydrogen-bond donors (Lipinski definition) is 2. The Labute approximate surface area is 122 Å². The molecule has 1 saturated heterocycles. The fourth-order valence-electron chi connectivity index (χ4n) is 2.70. The first-order valence-corrected chi connectivity index (χ1v) is 7.80. The molecule has 0 amide bonds. The summed E-state index contributed by atoms with van der Waals surface area (Å²) in [6, 6.07) is 4.81. The molecule has 1 fully saturated rings. The Balaban J connectivity index is 1.63. The number of pyridine rings is 1. The first-order chi connectivity index (χ1) is 9.78. The summed E-state index contributed by atoms with van der Waals surface area (Å²) in [5.74, 6) is 0. The van der Waals surface area contributed by atoms with Crippen molar-refractivity contribution in [1.82, 2.24) is 15.2 Å². The lowest BCUT2D eigenvalue weighted by atomic mass is 10.0. The molecule has 2 heterocycles. The zero-order valence-corrected chi connectivity index (χ0v) is 12.5. The molecule has 0 radical (unpaired) electrons. The second kappa shape index (κ2) is 8.35. The summed E-state index contributed by atoms with van der Waals surface area (Å²) in [6.45, 7) is 6.29. The Morgan fingerprint density at radius 2 is 2.05 bits per heavy atom. The highest BCUT2D eigenvalue weighted by Gasteiger charge is 2.18. The first kappa shape index (κ1) is 15.4. The van der Waals surface area contributed by atoms with E-state index in [1.54, 1.807) is 0 Å². The van der Waals surface area contributed by atoms with Gasteiger partial charge < -0.3 is 10.4 Å². The van der Waals surface area contributed by atoms with Crippen molar-refractivity contribution in [2.75, 3.05) is 19.6 Å². The minimum Gasteiger partial charge on any atom is -0.393 e. The Morgan fingerprint density at radius 1 is 1.35 bits per heavy atom. The van der Waals surface area contributed by atoms with Gasteiger partial charge in [-0.15, -0.1) is 0 Å². The Bertz CT molecular complexity index is 363. The van der Waals surface area contributed by atoms with Crippen molar-refractivity contribution >= 4 is 0 Å². The number of rotatable bonds is 7. The maximum absolute atomic E-state index is 9.54. The van der Waals surface area contributed by atoms with E-state index >= 15 is 0 Å². The number of hydrogen-bond acceptors (Lipinski definition) is 4. The lowest BCUT2D eigenvalue weighted by molar-refractivity contribution is 0.151. The second-order valence-corrected chi connectivity index (χ2v) is 5.71. The van der Waals surface area contributed by atoms with Crippen molar-refractivity contribution in [1.29, 1.82) is 0 Å². The summed E-state index contributed by atoms with van der Waals surface area (Å²) in [5, 5.41) is 13.1. The van der Waals surface area contributed by atoms with Crippen LogP contribution in [0.5, 0.6) is 0 Å². The zero-order chi connectivity index (χ0) is 14.2. The van der Waals surface area contributed by atoms with Crippen molar-refractivity contribution in [2.24, 2.45) is 0 Å². The molecule has 2 rings (SSSR count). The van der Waals surface area contributed by atoms with Crippen molar-refractivity contribution < 1.29 is 5.11 Å². The average molecular weight is 277 g/mol. The molecule has 1 unspecified atom stereocenters. The molecule has 20 heavy (non-hydrogen) atoms. The standard InChI is InChI=1S/C16H27N3O/c1-2-16(20)5-10-18-15-6-11-19(12-7-15)13-14-3-8-17-9-4-14/h3-4,8-9,15-16,18,20H,2,5-7,10-13H2,1H3. The fourth-order valence-corrected chi connectivity index (χ4v) is 2.70.